The number of hydrogen-bond acceptors (Lipinski definition) is 3. The van der Waals surface area contributed by atoms with Gasteiger partial charge < -0.3 is 9.64 Å². The first-order valence-corrected chi connectivity index (χ1v) is 8.28. The summed E-state index contributed by atoms with van der Waals surface area (Å²) in [6.07, 6.45) is 1.86. The summed E-state index contributed by atoms with van der Waals surface area (Å²) < 4.78 is 7.27. The van der Waals surface area contributed by atoms with Crippen molar-refractivity contribution in [3.8, 4) is 5.69 Å². The maximum Gasteiger partial charge on any atom is 0.254 e. The third-order valence-corrected chi connectivity index (χ3v) is 4.22. The van der Waals surface area contributed by atoms with Crippen molar-refractivity contribution < 1.29 is 9.53 Å². The molecule has 0 atom stereocenters. The Morgan fingerprint density at radius 1 is 1.13 bits per heavy atom. The first-order chi connectivity index (χ1) is 11.2. The minimum absolute atomic E-state index is 0.0743. The molecular formula is C18H23N3O2. The highest BCUT2D eigenvalue weighted by Gasteiger charge is 2.18. The summed E-state index contributed by atoms with van der Waals surface area (Å²) in [7, 11) is 0. The van der Waals surface area contributed by atoms with Crippen LogP contribution in [0.4, 0.5) is 0 Å². The van der Waals surface area contributed by atoms with Crippen molar-refractivity contribution in [2.75, 3.05) is 26.3 Å². The third-order valence-electron chi connectivity index (χ3n) is 4.22. The van der Waals surface area contributed by atoms with Gasteiger partial charge in [-0.05, 0) is 43.2 Å². The van der Waals surface area contributed by atoms with Crippen LogP contribution in [0, 0.1) is 0 Å². The highest BCUT2D eigenvalue weighted by molar-refractivity contribution is 5.94. The van der Waals surface area contributed by atoms with Gasteiger partial charge in [-0.1, -0.05) is 13.8 Å². The second kappa shape index (κ2) is 6.96. The Bertz CT molecular complexity index is 670. The number of ether oxygens (including phenoxy) is 1. The average molecular weight is 313 g/mol. The number of aryl methyl sites for hydroxylation is 2. The van der Waals surface area contributed by atoms with E-state index in [2.05, 4.69) is 25.0 Å². The number of carbonyl (C=O) groups excluding carboxylic acids is 1. The Balaban J connectivity index is 1.81. The number of nitrogens with zero attached hydrogens (tertiary/aromatic N) is 3. The molecule has 1 fully saturated rings. The summed E-state index contributed by atoms with van der Waals surface area (Å²) in [6, 6.07) is 9.87. The molecule has 23 heavy (non-hydrogen) atoms. The molecule has 1 aromatic carbocycles. The van der Waals surface area contributed by atoms with E-state index in [1.807, 2.05) is 33.8 Å². The molecule has 5 nitrogen and oxygen atoms in total. The summed E-state index contributed by atoms with van der Waals surface area (Å²) in [6.45, 7) is 6.81. The van der Waals surface area contributed by atoms with Gasteiger partial charge in [-0.25, -0.2) is 4.68 Å². The smallest absolute Gasteiger partial charge is 0.254 e. The van der Waals surface area contributed by atoms with E-state index in [1.165, 1.54) is 5.69 Å². The van der Waals surface area contributed by atoms with Crippen LogP contribution in [0.25, 0.3) is 5.69 Å². The predicted octanol–water partition coefficient (Wildman–Crippen LogP) is 2.47. The molecule has 1 saturated heterocycles. The average Bonchev–Trinajstić information content (AvgIpc) is 3.05. The Hall–Kier alpha value is -2.14. The van der Waals surface area contributed by atoms with Crippen LogP contribution in [0.3, 0.4) is 0 Å². The van der Waals surface area contributed by atoms with Gasteiger partial charge in [0.15, 0.2) is 0 Å². The molecule has 1 amide bonds. The fraction of sp³-hybridized carbons (Fsp3) is 0.444. The SMILES string of the molecule is CCc1cc(CC)n(-c2ccc(C(=O)N3CCOCC3)cc2)n1. The van der Waals surface area contributed by atoms with Crippen molar-refractivity contribution >= 4 is 5.91 Å². The van der Waals surface area contributed by atoms with Gasteiger partial charge in [-0.15, -0.1) is 0 Å². The molecule has 0 unspecified atom stereocenters. The van der Waals surface area contributed by atoms with Gasteiger partial charge in [-0.3, -0.25) is 4.79 Å². The Morgan fingerprint density at radius 3 is 2.43 bits per heavy atom. The number of carbonyl (C=O) groups is 1. The van der Waals surface area contributed by atoms with Crippen LogP contribution in [0.2, 0.25) is 0 Å². The van der Waals surface area contributed by atoms with Crippen molar-refractivity contribution in [2.45, 2.75) is 26.7 Å². The normalized spacial score (nSPS) is 15.0. The summed E-state index contributed by atoms with van der Waals surface area (Å²) in [5.74, 6) is 0.0743. The molecule has 0 N–H and O–H groups in total. The molecule has 0 spiro atoms. The molecule has 0 saturated carbocycles. The molecule has 0 radical (unpaired) electrons. The van der Waals surface area contributed by atoms with Gasteiger partial charge in [-0.2, -0.15) is 5.10 Å². The molecule has 1 aromatic heterocycles. The minimum atomic E-state index is 0.0743. The molecule has 1 aliphatic rings. The first-order valence-electron chi connectivity index (χ1n) is 8.28. The predicted molar refractivity (Wildman–Crippen MR) is 89.0 cm³/mol. The molecular weight excluding hydrogens is 290 g/mol. The highest BCUT2D eigenvalue weighted by Crippen LogP contribution is 2.16. The number of rotatable bonds is 4. The maximum absolute atomic E-state index is 12.5. The van der Waals surface area contributed by atoms with Crippen LogP contribution in [-0.4, -0.2) is 46.9 Å². The van der Waals surface area contributed by atoms with Crippen molar-refractivity contribution in [3.05, 3.63) is 47.3 Å². The van der Waals surface area contributed by atoms with E-state index < -0.39 is 0 Å². The van der Waals surface area contributed by atoms with Crippen LogP contribution in [0.15, 0.2) is 30.3 Å². The number of amides is 1. The molecule has 2 heterocycles. The van der Waals surface area contributed by atoms with Crippen molar-refractivity contribution in [1.29, 1.82) is 0 Å². The lowest BCUT2D eigenvalue weighted by atomic mass is 10.1. The lowest BCUT2D eigenvalue weighted by molar-refractivity contribution is 0.0303. The molecule has 0 aliphatic carbocycles. The fourth-order valence-electron chi connectivity index (χ4n) is 2.82. The second-order valence-electron chi connectivity index (χ2n) is 5.70. The van der Waals surface area contributed by atoms with Crippen LogP contribution in [0.5, 0.6) is 0 Å². The number of hydrogen-bond donors (Lipinski definition) is 0. The van der Waals surface area contributed by atoms with E-state index in [4.69, 9.17) is 4.74 Å². The summed E-state index contributed by atoms with van der Waals surface area (Å²) in [5.41, 5.74) is 4.00. The zero-order chi connectivity index (χ0) is 16.2. The summed E-state index contributed by atoms with van der Waals surface area (Å²) in [4.78, 5) is 14.3. The van der Waals surface area contributed by atoms with Gasteiger partial charge in [0.05, 0.1) is 24.6 Å². The molecule has 5 heteroatoms. The lowest BCUT2D eigenvalue weighted by Crippen LogP contribution is -2.40. The maximum atomic E-state index is 12.5. The number of benzene rings is 1. The van der Waals surface area contributed by atoms with E-state index >= 15 is 0 Å². The second-order valence-corrected chi connectivity index (χ2v) is 5.70. The van der Waals surface area contributed by atoms with Crippen molar-refractivity contribution in [2.24, 2.45) is 0 Å². The molecule has 122 valence electrons. The van der Waals surface area contributed by atoms with E-state index in [0.29, 0.717) is 26.3 Å². The topological polar surface area (TPSA) is 47.4 Å². The zero-order valence-corrected chi connectivity index (χ0v) is 13.8. The monoisotopic (exact) mass is 313 g/mol. The van der Waals surface area contributed by atoms with Crippen LogP contribution in [-0.2, 0) is 17.6 Å². The third kappa shape index (κ3) is 3.29. The highest BCUT2D eigenvalue weighted by atomic mass is 16.5. The first kappa shape index (κ1) is 15.7. The van der Waals surface area contributed by atoms with Gasteiger partial charge in [0.25, 0.3) is 5.91 Å². The van der Waals surface area contributed by atoms with Crippen LogP contribution in [0.1, 0.15) is 35.6 Å². The Labute approximate surface area is 136 Å². The molecule has 1 aliphatic heterocycles. The number of aromatic nitrogens is 2. The standard InChI is InChI=1S/C18H23N3O2/c1-3-15-13-16(4-2)21(19-15)17-7-5-14(6-8-17)18(22)20-9-11-23-12-10-20/h5-8,13H,3-4,9-12H2,1-2H3. The Kier molecular flexibility index (Phi) is 4.76. The summed E-state index contributed by atoms with van der Waals surface area (Å²) >= 11 is 0. The van der Waals surface area contributed by atoms with Gasteiger partial charge >= 0.3 is 0 Å². The van der Waals surface area contributed by atoms with Crippen LogP contribution >= 0.6 is 0 Å². The van der Waals surface area contributed by atoms with Gasteiger partial charge in [0.1, 0.15) is 0 Å². The largest absolute Gasteiger partial charge is 0.378 e. The van der Waals surface area contributed by atoms with E-state index in [0.717, 1.165) is 29.8 Å². The van der Waals surface area contributed by atoms with E-state index in [9.17, 15) is 4.79 Å². The van der Waals surface area contributed by atoms with Crippen molar-refractivity contribution in [1.82, 2.24) is 14.7 Å². The van der Waals surface area contributed by atoms with Crippen molar-refractivity contribution in [3.63, 3.8) is 0 Å². The summed E-state index contributed by atoms with van der Waals surface area (Å²) in [5, 5.41) is 4.64. The quantitative estimate of drug-likeness (QED) is 0.871. The van der Waals surface area contributed by atoms with E-state index in [-0.39, 0.29) is 5.91 Å². The lowest BCUT2D eigenvalue weighted by Gasteiger charge is -2.26. The Morgan fingerprint density at radius 2 is 1.83 bits per heavy atom. The molecule has 2 aromatic rings. The molecule has 0 bridgehead atoms. The van der Waals surface area contributed by atoms with Crippen LogP contribution < -0.4 is 0 Å². The van der Waals surface area contributed by atoms with E-state index in [1.54, 1.807) is 0 Å². The number of morpholine rings is 1. The minimum Gasteiger partial charge on any atom is -0.378 e. The van der Waals surface area contributed by atoms with Gasteiger partial charge in [0, 0.05) is 24.3 Å². The molecule has 3 rings (SSSR count). The van der Waals surface area contributed by atoms with Gasteiger partial charge in [0.2, 0.25) is 0 Å². The zero-order valence-electron chi connectivity index (χ0n) is 13.8. The fourth-order valence-corrected chi connectivity index (χ4v) is 2.82.